The lowest BCUT2D eigenvalue weighted by Crippen LogP contribution is -2.04. The first-order valence-corrected chi connectivity index (χ1v) is 3.52. The molecule has 0 fully saturated rings. The van der Waals surface area contributed by atoms with Gasteiger partial charge in [-0.3, -0.25) is 4.79 Å². The Labute approximate surface area is 71.7 Å². The van der Waals surface area contributed by atoms with Crippen molar-refractivity contribution in [2.45, 2.75) is 12.5 Å². The summed E-state index contributed by atoms with van der Waals surface area (Å²) in [4.78, 5) is 10.3. The molecular weight excluding hydrogens is 156 g/mol. The number of carboxylic acid groups (broad SMARTS) is 1. The number of hydrogen-bond donors (Lipinski definition) is 2. The molecule has 1 aromatic rings. The predicted octanol–water partition coefficient (Wildman–Crippen LogP) is 1.19. The van der Waals surface area contributed by atoms with E-state index in [9.17, 15) is 9.90 Å². The van der Waals surface area contributed by atoms with Gasteiger partial charge < -0.3 is 10.2 Å². The maximum absolute atomic E-state index is 10.3. The van der Waals surface area contributed by atoms with E-state index in [1.54, 1.807) is 18.2 Å². The average Bonchev–Trinajstić information content (AvgIpc) is 2.04. The van der Waals surface area contributed by atoms with E-state index in [1.165, 1.54) is 12.1 Å². The van der Waals surface area contributed by atoms with Gasteiger partial charge in [0.1, 0.15) is 0 Å². The van der Waals surface area contributed by atoms with Crippen LogP contribution < -0.4 is 0 Å². The highest BCUT2D eigenvalue weighted by Gasteiger charge is 2.10. The molecule has 0 heterocycles. The van der Waals surface area contributed by atoms with Crippen molar-refractivity contribution in [1.29, 1.82) is 0 Å². The highest BCUT2D eigenvalue weighted by atomic mass is 16.4. The SMILES string of the molecule is [2H][C@](O)(CC(=O)O)c1ccccc1. The normalized spacial score (nSPS) is 16.2. The first-order chi connectivity index (χ1) is 6.02. The number of aliphatic carboxylic acids is 1. The molecule has 0 aliphatic carbocycles. The zero-order chi connectivity index (χ0) is 9.90. The molecule has 1 atom stereocenters. The first-order valence-electron chi connectivity index (χ1n) is 4.02. The second-order valence-corrected chi connectivity index (χ2v) is 2.38. The van der Waals surface area contributed by atoms with Crippen LogP contribution in [-0.2, 0) is 4.79 Å². The fourth-order valence-electron chi connectivity index (χ4n) is 0.876. The number of carboxylic acids is 1. The molecule has 0 spiro atoms. The van der Waals surface area contributed by atoms with Crippen molar-refractivity contribution in [2.75, 3.05) is 0 Å². The Balaban J connectivity index is 2.87. The van der Waals surface area contributed by atoms with E-state index in [0.717, 1.165) is 0 Å². The van der Waals surface area contributed by atoms with Gasteiger partial charge in [0.15, 0.2) is 0 Å². The number of hydrogen-bond acceptors (Lipinski definition) is 2. The minimum absolute atomic E-state index is 0.289. The summed E-state index contributed by atoms with van der Waals surface area (Å²) < 4.78 is 7.37. The third kappa shape index (κ3) is 2.36. The van der Waals surface area contributed by atoms with E-state index in [1.807, 2.05) is 0 Å². The maximum atomic E-state index is 10.3. The molecular formula is C9H10O3. The van der Waals surface area contributed by atoms with Crippen LogP contribution in [0.3, 0.4) is 0 Å². The van der Waals surface area contributed by atoms with Crippen molar-refractivity contribution in [3.8, 4) is 0 Å². The van der Waals surface area contributed by atoms with E-state index >= 15 is 0 Å². The summed E-state index contributed by atoms with van der Waals surface area (Å²) in [6.07, 6.45) is -2.65. The van der Waals surface area contributed by atoms with Gasteiger partial charge in [-0.05, 0) is 5.56 Å². The third-order valence-electron chi connectivity index (χ3n) is 1.43. The van der Waals surface area contributed by atoms with Crippen LogP contribution in [0.15, 0.2) is 30.3 Å². The summed E-state index contributed by atoms with van der Waals surface area (Å²) in [5.74, 6) is -1.19. The number of carbonyl (C=O) groups is 1. The third-order valence-corrected chi connectivity index (χ3v) is 1.43. The summed E-state index contributed by atoms with van der Waals surface area (Å²) in [5.41, 5.74) is 0.289. The lowest BCUT2D eigenvalue weighted by atomic mass is 10.1. The van der Waals surface area contributed by atoms with Gasteiger partial charge in [0.25, 0.3) is 0 Å². The van der Waals surface area contributed by atoms with Gasteiger partial charge in [-0.25, -0.2) is 0 Å². The van der Waals surface area contributed by atoms with Crippen LogP contribution in [-0.4, -0.2) is 16.2 Å². The largest absolute Gasteiger partial charge is 0.481 e. The molecule has 1 rings (SSSR count). The second-order valence-electron chi connectivity index (χ2n) is 2.38. The van der Waals surface area contributed by atoms with Gasteiger partial charge in [-0.15, -0.1) is 0 Å². The molecule has 3 nitrogen and oxygen atoms in total. The van der Waals surface area contributed by atoms with E-state index in [0.29, 0.717) is 0 Å². The monoisotopic (exact) mass is 167 g/mol. The molecule has 1 aromatic carbocycles. The fraction of sp³-hybridized carbons (Fsp3) is 0.222. The van der Waals surface area contributed by atoms with Crippen LogP contribution in [0.1, 0.15) is 19.4 Å². The highest BCUT2D eigenvalue weighted by Crippen LogP contribution is 2.15. The van der Waals surface area contributed by atoms with Crippen LogP contribution in [0.2, 0.25) is 0 Å². The lowest BCUT2D eigenvalue weighted by Gasteiger charge is -2.06. The van der Waals surface area contributed by atoms with Crippen LogP contribution in [0.4, 0.5) is 0 Å². The highest BCUT2D eigenvalue weighted by molar-refractivity contribution is 5.67. The Bertz CT molecular complexity index is 295. The van der Waals surface area contributed by atoms with E-state index in [4.69, 9.17) is 6.48 Å². The van der Waals surface area contributed by atoms with Crippen molar-refractivity contribution >= 4 is 5.97 Å². The van der Waals surface area contributed by atoms with Crippen LogP contribution in [0.25, 0.3) is 0 Å². The van der Waals surface area contributed by atoms with E-state index < -0.39 is 18.5 Å². The number of benzene rings is 1. The van der Waals surface area contributed by atoms with Gasteiger partial charge in [0, 0.05) is 0 Å². The summed E-state index contributed by atoms with van der Waals surface area (Å²) in [5, 5.41) is 17.9. The van der Waals surface area contributed by atoms with Crippen molar-refractivity contribution < 1.29 is 16.4 Å². The summed E-state index contributed by atoms with van der Waals surface area (Å²) >= 11 is 0. The van der Waals surface area contributed by atoms with Crippen molar-refractivity contribution in [3.63, 3.8) is 0 Å². The fourth-order valence-corrected chi connectivity index (χ4v) is 0.876. The summed E-state index contributed by atoms with van der Waals surface area (Å²) in [7, 11) is 0. The minimum Gasteiger partial charge on any atom is -0.481 e. The molecule has 0 amide bonds. The molecule has 0 unspecified atom stereocenters. The predicted molar refractivity (Wildman–Crippen MR) is 43.7 cm³/mol. The number of aliphatic hydroxyl groups is 1. The number of rotatable bonds is 3. The molecule has 12 heavy (non-hydrogen) atoms. The summed E-state index contributed by atoms with van der Waals surface area (Å²) in [6, 6.07) is 8.08. The Morgan fingerprint density at radius 2 is 2.08 bits per heavy atom. The van der Waals surface area contributed by atoms with Gasteiger partial charge in [0.05, 0.1) is 13.9 Å². The Morgan fingerprint density at radius 3 is 2.58 bits per heavy atom. The van der Waals surface area contributed by atoms with E-state index in [2.05, 4.69) is 0 Å². The molecule has 3 heteroatoms. The molecule has 0 bridgehead atoms. The standard InChI is InChI=1S/C9H10O3/c10-8(6-9(11)12)7-4-2-1-3-5-7/h1-5,8,10H,6H2,(H,11,12)/t8-/m0/s1/i8D. The van der Waals surface area contributed by atoms with Crippen LogP contribution in [0, 0.1) is 0 Å². The molecule has 0 saturated heterocycles. The van der Waals surface area contributed by atoms with Gasteiger partial charge in [-0.2, -0.15) is 0 Å². The Morgan fingerprint density at radius 1 is 1.50 bits per heavy atom. The molecule has 0 saturated carbocycles. The molecule has 0 aromatic heterocycles. The molecule has 0 aliphatic rings. The van der Waals surface area contributed by atoms with E-state index in [-0.39, 0.29) is 5.56 Å². The maximum Gasteiger partial charge on any atom is 0.306 e. The van der Waals surface area contributed by atoms with Crippen molar-refractivity contribution in [3.05, 3.63) is 35.9 Å². The molecule has 0 aliphatic heterocycles. The zero-order valence-electron chi connectivity index (χ0n) is 7.40. The van der Waals surface area contributed by atoms with Gasteiger partial charge in [-0.1, -0.05) is 30.3 Å². The topological polar surface area (TPSA) is 57.5 Å². The van der Waals surface area contributed by atoms with Crippen LogP contribution >= 0.6 is 0 Å². The van der Waals surface area contributed by atoms with Crippen LogP contribution in [0.5, 0.6) is 0 Å². The van der Waals surface area contributed by atoms with Crippen molar-refractivity contribution in [1.82, 2.24) is 0 Å². The Hall–Kier alpha value is -1.35. The molecule has 0 radical (unpaired) electrons. The first kappa shape index (κ1) is 7.31. The zero-order valence-corrected chi connectivity index (χ0v) is 6.40. The average molecular weight is 167 g/mol. The second kappa shape index (κ2) is 3.88. The lowest BCUT2D eigenvalue weighted by molar-refractivity contribution is -0.139. The van der Waals surface area contributed by atoms with Gasteiger partial charge >= 0.3 is 5.97 Å². The molecule has 2 N–H and O–H groups in total. The minimum atomic E-state index is -2.03. The quantitative estimate of drug-likeness (QED) is 0.711. The van der Waals surface area contributed by atoms with Crippen molar-refractivity contribution in [2.24, 2.45) is 0 Å². The van der Waals surface area contributed by atoms with Gasteiger partial charge in [0.2, 0.25) is 0 Å². The smallest absolute Gasteiger partial charge is 0.306 e. The Kier molecular flexibility index (Phi) is 2.36. The summed E-state index contributed by atoms with van der Waals surface area (Å²) in [6.45, 7) is 0. The molecule has 64 valence electrons.